The maximum Gasteiger partial charge on any atom is 0.309 e. The summed E-state index contributed by atoms with van der Waals surface area (Å²) in [4.78, 5) is 30.9. The van der Waals surface area contributed by atoms with Crippen molar-refractivity contribution >= 4 is 22.8 Å². The number of aliphatic hydroxyl groups excluding tert-OH is 2. The van der Waals surface area contributed by atoms with E-state index in [4.69, 9.17) is 4.74 Å². The SMILES string of the molecule is Cc1nc2cc([C@@H]3C[C@H]4C[C@H]4CCC[C@H](C)[C@H](O)[C@@H](C)C(=O)C(C)(C)[C@@H](O)CC(=O)O3)ccc2n1C. The predicted molar refractivity (Wildman–Crippen MR) is 138 cm³/mol. The van der Waals surface area contributed by atoms with Crippen LogP contribution >= 0.6 is 0 Å². The first kappa shape index (κ1) is 26.8. The second kappa shape index (κ2) is 10.3. The van der Waals surface area contributed by atoms with E-state index >= 15 is 0 Å². The Kier molecular flexibility index (Phi) is 7.63. The topological polar surface area (TPSA) is 102 Å². The van der Waals surface area contributed by atoms with Crippen LogP contribution in [0.1, 0.15) is 83.7 Å². The molecule has 7 nitrogen and oxygen atoms in total. The number of aliphatic hydroxyl groups is 2. The van der Waals surface area contributed by atoms with Crippen molar-refractivity contribution < 1.29 is 24.5 Å². The lowest BCUT2D eigenvalue weighted by molar-refractivity contribution is -0.156. The number of aromatic nitrogens is 2. The number of Topliss-reactive ketones (excluding diaryl/α,β-unsaturated/α-hetero) is 1. The number of imidazole rings is 1. The Bertz CT molecular complexity index is 1120. The normalized spacial score (nSPS) is 34.3. The number of hydrogen-bond donors (Lipinski definition) is 2. The van der Waals surface area contributed by atoms with E-state index in [-0.39, 0.29) is 18.1 Å². The molecule has 2 aromatic rings. The van der Waals surface area contributed by atoms with Crippen molar-refractivity contribution in [3.63, 3.8) is 0 Å². The van der Waals surface area contributed by atoms with E-state index in [1.807, 2.05) is 43.7 Å². The van der Waals surface area contributed by atoms with E-state index in [9.17, 15) is 19.8 Å². The Hall–Kier alpha value is -2.25. The Morgan fingerprint density at radius 2 is 1.81 bits per heavy atom. The van der Waals surface area contributed by atoms with Gasteiger partial charge in [-0.25, -0.2) is 4.98 Å². The Morgan fingerprint density at radius 1 is 1.08 bits per heavy atom. The number of carbonyl (C=O) groups is 2. The third-order valence-corrected chi connectivity index (χ3v) is 8.93. The molecule has 0 spiro atoms. The van der Waals surface area contributed by atoms with Gasteiger partial charge in [0.2, 0.25) is 0 Å². The van der Waals surface area contributed by atoms with Crippen LogP contribution in [0.2, 0.25) is 0 Å². The molecule has 198 valence electrons. The van der Waals surface area contributed by atoms with E-state index in [0.717, 1.165) is 54.5 Å². The molecule has 0 unspecified atom stereocenters. The fraction of sp³-hybridized carbons (Fsp3) is 0.690. The van der Waals surface area contributed by atoms with E-state index in [1.54, 1.807) is 20.8 Å². The van der Waals surface area contributed by atoms with Crippen LogP contribution < -0.4 is 0 Å². The molecule has 7 heteroatoms. The van der Waals surface area contributed by atoms with Gasteiger partial charge in [-0.3, -0.25) is 9.59 Å². The van der Waals surface area contributed by atoms with Crippen LogP contribution in [-0.4, -0.2) is 43.7 Å². The Balaban J connectivity index is 1.60. The zero-order chi connectivity index (χ0) is 26.4. The number of nitrogens with zero attached hydrogens (tertiary/aromatic N) is 2. The summed E-state index contributed by atoms with van der Waals surface area (Å²) in [7, 11) is 1.98. The third-order valence-electron chi connectivity index (χ3n) is 8.93. The van der Waals surface area contributed by atoms with Crippen molar-refractivity contribution in [3.8, 4) is 0 Å². The predicted octanol–water partition coefficient (Wildman–Crippen LogP) is 4.66. The highest BCUT2D eigenvalue weighted by Gasteiger charge is 2.44. The van der Waals surface area contributed by atoms with Crippen LogP contribution in [-0.2, 0) is 21.4 Å². The summed E-state index contributed by atoms with van der Waals surface area (Å²) in [5.74, 6) is 0.618. The van der Waals surface area contributed by atoms with Crippen LogP contribution in [0.4, 0.5) is 0 Å². The van der Waals surface area contributed by atoms with Crippen molar-refractivity contribution in [2.24, 2.45) is 36.1 Å². The van der Waals surface area contributed by atoms with Gasteiger partial charge in [-0.2, -0.15) is 0 Å². The number of cyclic esters (lactones) is 1. The number of esters is 1. The summed E-state index contributed by atoms with van der Waals surface area (Å²) in [5, 5.41) is 21.8. The minimum atomic E-state index is -1.20. The molecule has 0 radical (unpaired) electrons. The quantitative estimate of drug-likeness (QED) is 0.555. The molecule has 1 aliphatic carbocycles. The van der Waals surface area contributed by atoms with Gasteiger partial charge in [0, 0.05) is 13.0 Å². The Labute approximate surface area is 214 Å². The molecule has 4 rings (SSSR count). The molecule has 2 N–H and O–H groups in total. The number of carbonyl (C=O) groups excluding carboxylic acids is 2. The maximum absolute atomic E-state index is 13.3. The minimum Gasteiger partial charge on any atom is -0.457 e. The molecule has 2 heterocycles. The largest absolute Gasteiger partial charge is 0.457 e. The summed E-state index contributed by atoms with van der Waals surface area (Å²) in [6, 6.07) is 6.03. The average Bonchev–Trinajstić information content (AvgIpc) is 3.51. The number of fused-ring (bicyclic) bond motifs is 2. The van der Waals surface area contributed by atoms with E-state index in [0.29, 0.717) is 11.8 Å². The number of hydrogen-bond acceptors (Lipinski definition) is 6. The van der Waals surface area contributed by atoms with Gasteiger partial charge in [-0.15, -0.1) is 0 Å². The third kappa shape index (κ3) is 5.37. The van der Waals surface area contributed by atoms with Crippen molar-refractivity contribution in [2.75, 3.05) is 0 Å². The van der Waals surface area contributed by atoms with Crippen molar-refractivity contribution in [2.45, 2.75) is 91.5 Å². The smallest absolute Gasteiger partial charge is 0.309 e. The number of aryl methyl sites for hydroxylation is 2. The van der Waals surface area contributed by atoms with Crippen LogP contribution in [0.5, 0.6) is 0 Å². The lowest BCUT2D eigenvalue weighted by atomic mass is 9.73. The van der Waals surface area contributed by atoms with Gasteiger partial charge in [-0.05, 0) is 61.6 Å². The molecule has 1 saturated heterocycles. The molecule has 0 amide bonds. The molecule has 1 aliphatic heterocycles. The second-order valence-corrected chi connectivity index (χ2v) is 11.9. The van der Waals surface area contributed by atoms with Gasteiger partial charge in [0.1, 0.15) is 17.7 Å². The molecular weight excluding hydrogens is 456 g/mol. The summed E-state index contributed by atoms with van der Waals surface area (Å²) >= 11 is 0. The summed E-state index contributed by atoms with van der Waals surface area (Å²) < 4.78 is 8.03. The number of benzene rings is 1. The lowest BCUT2D eigenvalue weighted by Gasteiger charge is -2.34. The highest BCUT2D eigenvalue weighted by molar-refractivity contribution is 5.88. The van der Waals surface area contributed by atoms with Gasteiger partial charge in [0.15, 0.2) is 0 Å². The molecule has 36 heavy (non-hydrogen) atoms. The number of rotatable bonds is 1. The maximum atomic E-state index is 13.3. The van der Waals surface area contributed by atoms with Crippen molar-refractivity contribution in [1.29, 1.82) is 0 Å². The molecule has 2 fully saturated rings. The Morgan fingerprint density at radius 3 is 2.53 bits per heavy atom. The van der Waals surface area contributed by atoms with E-state index < -0.39 is 35.6 Å². The fourth-order valence-corrected chi connectivity index (χ4v) is 5.91. The van der Waals surface area contributed by atoms with Crippen LogP contribution in [0.3, 0.4) is 0 Å². The number of ether oxygens (including phenoxy) is 1. The molecule has 7 atom stereocenters. The summed E-state index contributed by atoms with van der Waals surface area (Å²) in [5.41, 5.74) is 1.63. The first-order chi connectivity index (χ1) is 16.9. The van der Waals surface area contributed by atoms with Gasteiger partial charge in [-0.1, -0.05) is 46.6 Å². The second-order valence-electron chi connectivity index (χ2n) is 11.9. The molecule has 0 bridgehead atoms. The van der Waals surface area contributed by atoms with Crippen molar-refractivity contribution in [3.05, 3.63) is 29.6 Å². The highest BCUT2D eigenvalue weighted by Crippen LogP contribution is 2.49. The number of ketones is 1. The zero-order valence-corrected chi connectivity index (χ0v) is 22.5. The first-order valence-corrected chi connectivity index (χ1v) is 13.4. The van der Waals surface area contributed by atoms with E-state index in [2.05, 4.69) is 4.98 Å². The van der Waals surface area contributed by atoms with Crippen molar-refractivity contribution in [1.82, 2.24) is 9.55 Å². The van der Waals surface area contributed by atoms with Crippen LogP contribution in [0, 0.1) is 36.0 Å². The standard InChI is InChI=1S/C29H42N2O5/c1-16-8-7-9-19-12-21(19)14-24(20-10-11-23-22(13-20)30-18(3)31(23)6)36-26(33)15-25(32)29(4,5)28(35)17(2)27(16)34/h10-11,13,16-17,19,21,24-25,27,32,34H,7-9,12,14-15H2,1-6H3/t16-,17+,19+,21+,24-,25-,27-/m0/s1. The molecule has 1 saturated carbocycles. The van der Waals surface area contributed by atoms with E-state index in [1.165, 1.54) is 0 Å². The monoisotopic (exact) mass is 498 g/mol. The first-order valence-electron chi connectivity index (χ1n) is 13.4. The minimum absolute atomic E-state index is 0.00623. The van der Waals surface area contributed by atoms with Crippen LogP contribution in [0.15, 0.2) is 18.2 Å². The van der Waals surface area contributed by atoms with Crippen LogP contribution in [0.25, 0.3) is 11.0 Å². The zero-order valence-electron chi connectivity index (χ0n) is 22.5. The van der Waals surface area contributed by atoms with Gasteiger partial charge in [0.25, 0.3) is 0 Å². The van der Waals surface area contributed by atoms with Gasteiger partial charge >= 0.3 is 5.97 Å². The van der Waals surface area contributed by atoms with Gasteiger partial charge < -0.3 is 19.5 Å². The lowest BCUT2D eigenvalue weighted by Crippen LogP contribution is -2.45. The summed E-state index contributed by atoms with van der Waals surface area (Å²) in [6.07, 6.45) is 2.12. The van der Waals surface area contributed by atoms with Gasteiger partial charge in [0.05, 0.1) is 35.1 Å². The molecule has 1 aromatic carbocycles. The fourth-order valence-electron chi connectivity index (χ4n) is 5.91. The molecular formula is C29H42N2O5. The molecule has 2 aliphatic rings. The highest BCUT2D eigenvalue weighted by atomic mass is 16.5. The average molecular weight is 499 g/mol. The summed E-state index contributed by atoms with van der Waals surface area (Å²) in [6.45, 7) is 8.98. The molecule has 1 aromatic heterocycles.